The van der Waals surface area contributed by atoms with E-state index in [9.17, 15) is 9.59 Å². The van der Waals surface area contributed by atoms with E-state index < -0.39 is 0 Å². The molecule has 5 heteroatoms. The van der Waals surface area contributed by atoms with Crippen LogP contribution >= 0.6 is 22.6 Å². The highest BCUT2D eigenvalue weighted by Crippen LogP contribution is 2.20. The molecule has 0 bridgehead atoms. The molecule has 0 amide bonds. The van der Waals surface area contributed by atoms with Crippen molar-refractivity contribution >= 4 is 34.5 Å². The molecule has 0 N–H and O–H groups in total. The average Bonchev–Trinajstić information content (AvgIpc) is 2.94. The Morgan fingerprint density at radius 3 is 1.12 bits per heavy atom. The maximum atomic E-state index is 11.8. The Labute approximate surface area is 263 Å². The lowest BCUT2D eigenvalue weighted by molar-refractivity contribution is -0.144. The van der Waals surface area contributed by atoms with E-state index >= 15 is 0 Å². The molecule has 0 heterocycles. The molecule has 238 valence electrons. The topological polar surface area (TPSA) is 52.6 Å². The Balaban J connectivity index is 3.31. The van der Waals surface area contributed by atoms with Crippen molar-refractivity contribution in [3.05, 3.63) is 0 Å². The second-order valence-electron chi connectivity index (χ2n) is 11.9. The summed E-state index contributed by atoms with van der Waals surface area (Å²) in [5.41, 5.74) is 0. The number of ether oxygens (including phenoxy) is 2. The molecule has 0 aromatic rings. The molecule has 0 saturated carbocycles. The fourth-order valence-electron chi connectivity index (χ4n) is 5.11. The van der Waals surface area contributed by atoms with E-state index in [0.717, 1.165) is 42.4 Å². The molecule has 0 aliphatic heterocycles. The summed E-state index contributed by atoms with van der Waals surface area (Å²) in [4.78, 5) is 23.6. The van der Waals surface area contributed by atoms with Crippen LogP contribution in [0.2, 0.25) is 0 Å². The van der Waals surface area contributed by atoms with Gasteiger partial charge in [0.2, 0.25) is 0 Å². The smallest absolute Gasteiger partial charge is 0.305 e. The molecule has 0 rings (SSSR count). The number of carbonyl (C=O) groups is 2. The lowest BCUT2D eigenvalue weighted by Crippen LogP contribution is -2.05. The molecule has 4 nitrogen and oxygen atoms in total. The van der Waals surface area contributed by atoms with E-state index in [4.69, 9.17) is 9.47 Å². The molecule has 0 aromatic carbocycles. The average molecular weight is 679 g/mol. The Hall–Kier alpha value is -0.330. The summed E-state index contributed by atoms with van der Waals surface area (Å²) in [5.74, 6) is 0.000181. The van der Waals surface area contributed by atoms with Gasteiger partial charge in [0.25, 0.3) is 0 Å². The van der Waals surface area contributed by atoms with Crippen LogP contribution in [-0.4, -0.2) is 29.1 Å². The number of alkyl halides is 1. The zero-order valence-electron chi connectivity index (χ0n) is 26.8. The number of carbonyl (C=O) groups excluding carboxylic acids is 2. The van der Waals surface area contributed by atoms with Gasteiger partial charge in [-0.05, 0) is 38.5 Å². The van der Waals surface area contributed by atoms with Gasteiger partial charge >= 0.3 is 11.9 Å². The van der Waals surface area contributed by atoms with Gasteiger partial charge in [0.15, 0.2) is 0 Å². The Bertz CT molecular complexity index is 493. The van der Waals surface area contributed by atoms with Gasteiger partial charge in [-0.15, -0.1) is 0 Å². The molecule has 0 fully saturated rings. The lowest BCUT2D eigenvalue weighted by Gasteiger charge is -2.10. The second kappa shape index (κ2) is 33.2. The van der Waals surface area contributed by atoms with Crippen LogP contribution in [0.15, 0.2) is 0 Å². The van der Waals surface area contributed by atoms with Gasteiger partial charge in [0, 0.05) is 16.8 Å². The summed E-state index contributed by atoms with van der Waals surface area (Å²) in [6, 6.07) is 0. The van der Waals surface area contributed by atoms with Gasteiger partial charge in [0.1, 0.15) is 0 Å². The van der Waals surface area contributed by atoms with Crippen molar-refractivity contribution in [3.8, 4) is 0 Å². The monoisotopic (exact) mass is 678 g/mol. The Morgan fingerprint density at radius 1 is 0.450 bits per heavy atom. The number of rotatable bonds is 32. The molecule has 0 aromatic heterocycles. The first-order chi connectivity index (χ1) is 19.6. The van der Waals surface area contributed by atoms with E-state index in [-0.39, 0.29) is 11.9 Å². The van der Waals surface area contributed by atoms with Crippen molar-refractivity contribution in [2.75, 3.05) is 13.2 Å². The van der Waals surface area contributed by atoms with Crippen LogP contribution in [0.25, 0.3) is 0 Å². The minimum absolute atomic E-state index is 0.0000903. The summed E-state index contributed by atoms with van der Waals surface area (Å²) in [6.45, 7) is 5.69. The van der Waals surface area contributed by atoms with E-state index in [2.05, 4.69) is 36.4 Å². The van der Waals surface area contributed by atoms with Crippen LogP contribution in [-0.2, 0) is 19.1 Å². The molecule has 40 heavy (non-hydrogen) atoms. The number of hydrogen-bond donors (Lipinski definition) is 0. The highest BCUT2D eigenvalue weighted by molar-refractivity contribution is 14.1. The highest BCUT2D eigenvalue weighted by Gasteiger charge is 2.06. The first-order valence-electron chi connectivity index (χ1n) is 17.5. The fourth-order valence-corrected chi connectivity index (χ4v) is 5.99. The van der Waals surface area contributed by atoms with Gasteiger partial charge in [-0.1, -0.05) is 165 Å². The van der Waals surface area contributed by atoms with Crippen LogP contribution < -0.4 is 0 Å². The van der Waals surface area contributed by atoms with Crippen molar-refractivity contribution < 1.29 is 19.1 Å². The molecular weight excluding hydrogens is 611 g/mol. The molecule has 0 unspecified atom stereocenters. The van der Waals surface area contributed by atoms with Crippen LogP contribution in [0, 0.1) is 0 Å². The summed E-state index contributed by atoms with van der Waals surface area (Å²) in [6.07, 6.45) is 33.3. The van der Waals surface area contributed by atoms with Gasteiger partial charge < -0.3 is 9.47 Å². The molecule has 0 atom stereocenters. The second-order valence-corrected chi connectivity index (χ2v) is 13.7. The third-order valence-corrected chi connectivity index (χ3v) is 9.06. The third-order valence-electron chi connectivity index (χ3n) is 7.82. The first-order valence-corrected chi connectivity index (χ1v) is 18.8. The predicted molar refractivity (Wildman–Crippen MR) is 180 cm³/mol. The molecule has 0 aliphatic carbocycles. The highest BCUT2D eigenvalue weighted by atomic mass is 127. The largest absolute Gasteiger partial charge is 0.466 e. The van der Waals surface area contributed by atoms with Crippen molar-refractivity contribution in [3.63, 3.8) is 0 Å². The van der Waals surface area contributed by atoms with Gasteiger partial charge in [-0.2, -0.15) is 0 Å². The normalized spacial score (nSPS) is 11.3. The first kappa shape index (κ1) is 39.7. The maximum Gasteiger partial charge on any atom is 0.305 e. The maximum absolute atomic E-state index is 11.8. The van der Waals surface area contributed by atoms with Crippen LogP contribution in [0.3, 0.4) is 0 Å². The van der Waals surface area contributed by atoms with E-state index in [1.165, 1.54) is 128 Å². The third kappa shape index (κ3) is 32.2. The molecule has 0 aliphatic rings. The van der Waals surface area contributed by atoms with Gasteiger partial charge in [-0.25, -0.2) is 0 Å². The zero-order chi connectivity index (χ0) is 29.4. The Kier molecular flexibility index (Phi) is 32.9. The van der Waals surface area contributed by atoms with Crippen molar-refractivity contribution in [2.24, 2.45) is 0 Å². The number of unbranched alkanes of at least 4 members (excludes halogenated alkanes) is 20. The molecule has 0 spiro atoms. The van der Waals surface area contributed by atoms with Crippen molar-refractivity contribution in [1.29, 1.82) is 0 Å². The minimum Gasteiger partial charge on any atom is -0.466 e. The number of hydrogen-bond acceptors (Lipinski definition) is 4. The van der Waals surface area contributed by atoms with E-state index in [0.29, 0.717) is 26.1 Å². The van der Waals surface area contributed by atoms with E-state index in [1.807, 2.05) is 0 Å². The molecular formula is C35H67IO4. The summed E-state index contributed by atoms with van der Waals surface area (Å²) in [5, 5.41) is 0. The van der Waals surface area contributed by atoms with Crippen LogP contribution in [0.4, 0.5) is 0 Å². The standard InChI is InChI=1S/C35H67IO4/c1-3-5-7-9-19-25-31-39-34(37)29-23-17-13-11-15-21-27-33(36)28-22-16-12-14-18-24-30-35(38)40-32-26-20-10-8-6-4-2/h33H,3-32H2,1-2H3. The minimum atomic E-state index is 0.0000903. The number of halogens is 1. The fraction of sp³-hybridized carbons (Fsp3) is 0.943. The Morgan fingerprint density at radius 2 is 0.750 bits per heavy atom. The zero-order valence-corrected chi connectivity index (χ0v) is 29.0. The summed E-state index contributed by atoms with van der Waals surface area (Å²) < 4.78 is 11.5. The molecule has 0 radical (unpaired) electrons. The van der Waals surface area contributed by atoms with Gasteiger partial charge in [-0.3, -0.25) is 9.59 Å². The quantitative estimate of drug-likeness (QED) is 0.0308. The molecule has 0 saturated heterocycles. The van der Waals surface area contributed by atoms with Crippen molar-refractivity contribution in [1.82, 2.24) is 0 Å². The van der Waals surface area contributed by atoms with Crippen LogP contribution in [0.5, 0.6) is 0 Å². The van der Waals surface area contributed by atoms with Gasteiger partial charge in [0.05, 0.1) is 13.2 Å². The number of esters is 2. The van der Waals surface area contributed by atoms with Crippen molar-refractivity contribution in [2.45, 2.75) is 198 Å². The summed E-state index contributed by atoms with van der Waals surface area (Å²) in [7, 11) is 0. The van der Waals surface area contributed by atoms with Crippen LogP contribution in [0.1, 0.15) is 194 Å². The predicted octanol–water partition coefficient (Wildman–Crippen LogP) is 11.8. The SMILES string of the molecule is CCCCCCCCOC(=O)CCCCCCCCC(I)CCCCCCCCC(=O)OCCCCCCCC. The summed E-state index contributed by atoms with van der Waals surface area (Å²) >= 11 is 2.65. The lowest BCUT2D eigenvalue weighted by atomic mass is 10.0. The van der Waals surface area contributed by atoms with E-state index in [1.54, 1.807) is 0 Å².